The summed E-state index contributed by atoms with van der Waals surface area (Å²) in [5.74, 6) is 1.69. The summed E-state index contributed by atoms with van der Waals surface area (Å²) in [5.41, 5.74) is 2.16. The molecule has 0 aliphatic carbocycles. The number of aryl methyl sites for hydroxylation is 1. The third-order valence-electron chi connectivity index (χ3n) is 6.94. The zero-order valence-corrected chi connectivity index (χ0v) is 24.1. The Kier molecular flexibility index (Phi) is 8.97. The van der Waals surface area contributed by atoms with Crippen LogP contribution in [0.1, 0.15) is 30.9 Å². The lowest BCUT2D eigenvalue weighted by molar-refractivity contribution is -0.138. The summed E-state index contributed by atoms with van der Waals surface area (Å²) in [5, 5.41) is 9.69. The van der Waals surface area contributed by atoms with E-state index in [2.05, 4.69) is 6.92 Å². The highest BCUT2D eigenvalue weighted by atomic mass is 32.2. The molecule has 4 aromatic carbocycles. The van der Waals surface area contributed by atoms with E-state index >= 15 is 0 Å². The first-order valence-corrected chi connectivity index (χ1v) is 15.4. The molecule has 42 heavy (non-hydrogen) atoms. The van der Waals surface area contributed by atoms with Crippen LogP contribution in [0.3, 0.4) is 0 Å². The minimum Gasteiger partial charge on any atom is -0.493 e. The molecule has 1 atom stereocenters. The van der Waals surface area contributed by atoms with E-state index in [4.69, 9.17) is 14.2 Å². The number of ether oxygens (including phenoxy) is 3. The molecule has 218 valence electrons. The first-order chi connectivity index (χ1) is 20.4. The Hall–Kier alpha value is -4.50. The topological polar surface area (TPSA) is 102 Å². The molecule has 0 saturated carbocycles. The van der Waals surface area contributed by atoms with Gasteiger partial charge in [-0.25, -0.2) is 13.2 Å². The van der Waals surface area contributed by atoms with Crippen molar-refractivity contribution in [3.05, 3.63) is 108 Å². The average molecular weight is 588 g/mol. The smallest absolute Gasteiger partial charge is 0.327 e. The van der Waals surface area contributed by atoms with E-state index in [-0.39, 0.29) is 11.3 Å². The number of sulfonamides is 1. The Morgan fingerprint density at radius 3 is 2.29 bits per heavy atom. The van der Waals surface area contributed by atoms with Gasteiger partial charge in [0.15, 0.2) is 0 Å². The second kappa shape index (κ2) is 13.0. The van der Waals surface area contributed by atoms with Crippen molar-refractivity contribution >= 4 is 21.7 Å². The lowest BCUT2D eigenvalue weighted by Gasteiger charge is -2.24. The molecule has 4 aromatic rings. The van der Waals surface area contributed by atoms with E-state index < -0.39 is 22.0 Å². The van der Waals surface area contributed by atoms with E-state index in [1.54, 1.807) is 36.4 Å². The Labute approximate surface area is 246 Å². The molecule has 0 bridgehead atoms. The van der Waals surface area contributed by atoms with Crippen LogP contribution in [0.2, 0.25) is 0 Å². The Balaban J connectivity index is 1.15. The number of nitrogens with zero attached hydrogens (tertiary/aromatic N) is 1. The fourth-order valence-corrected chi connectivity index (χ4v) is 6.59. The number of fused-ring (bicyclic) bond motifs is 1. The molecule has 8 nitrogen and oxygen atoms in total. The van der Waals surface area contributed by atoms with Crippen molar-refractivity contribution in [3.8, 4) is 23.0 Å². The number of hydrogen-bond donors (Lipinski definition) is 1. The Bertz CT molecular complexity index is 1620. The lowest BCUT2D eigenvalue weighted by atomic mass is 10.1. The number of carboxylic acid groups (broad SMARTS) is 1. The quantitative estimate of drug-likeness (QED) is 0.179. The zero-order valence-electron chi connectivity index (χ0n) is 23.3. The van der Waals surface area contributed by atoms with Gasteiger partial charge in [-0.15, -0.1) is 0 Å². The minimum atomic E-state index is -4.08. The maximum absolute atomic E-state index is 13.4. The maximum atomic E-state index is 13.4. The van der Waals surface area contributed by atoms with E-state index in [0.29, 0.717) is 36.6 Å². The molecule has 1 N–H and O–H groups in total. The van der Waals surface area contributed by atoms with Gasteiger partial charge in [-0.3, -0.25) is 4.31 Å². The number of aliphatic carboxylic acids is 1. The number of rotatable bonds is 13. The van der Waals surface area contributed by atoms with Crippen molar-refractivity contribution in [3.63, 3.8) is 0 Å². The van der Waals surface area contributed by atoms with Crippen LogP contribution in [0, 0.1) is 0 Å². The van der Waals surface area contributed by atoms with E-state index in [1.807, 2.05) is 48.5 Å². The van der Waals surface area contributed by atoms with Gasteiger partial charge < -0.3 is 19.3 Å². The SMILES string of the molecule is CCCc1cc(Oc2ccccc2)ccc1OCCCOc1ccc(S(=O)(=O)N2c3ccccc3CC2C(=O)O)cc1. The van der Waals surface area contributed by atoms with Crippen molar-refractivity contribution in [1.29, 1.82) is 0 Å². The molecule has 0 spiro atoms. The highest BCUT2D eigenvalue weighted by molar-refractivity contribution is 7.93. The van der Waals surface area contributed by atoms with Crippen LogP contribution >= 0.6 is 0 Å². The molecule has 5 rings (SSSR count). The van der Waals surface area contributed by atoms with Gasteiger partial charge in [0.2, 0.25) is 0 Å². The monoisotopic (exact) mass is 587 g/mol. The fraction of sp³-hybridized carbons (Fsp3) is 0.242. The first-order valence-electron chi connectivity index (χ1n) is 13.9. The molecule has 0 amide bonds. The van der Waals surface area contributed by atoms with Crippen molar-refractivity contribution in [1.82, 2.24) is 0 Å². The second-order valence-electron chi connectivity index (χ2n) is 9.94. The van der Waals surface area contributed by atoms with Crippen LogP contribution in [-0.2, 0) is 27.7 Å². The molecule has 1 heterocycles. The second-order valence-corrected chi connectivity index (χ2v) is 11.8. The van der Waals surface area contributed by atoms with Gasteiger partial charge in [0.05, 0.1) is 23.8 Å². The van der Waals surface area contributed by atoms with Crippen LogP contribution in [0.5, 0.6) is 23.0 Å². The molecule has 1 aliphatic rings. The number of carbonyl (C=O) groups is 1. The highest BCUT2D eigenvalue weighted by Crippen LogP contribution is 2.37. The summed E-state index contributed by atoms with van der Waals surface area (Å²) in [6.07, 6.45) is 2.59. The van der Waals surface area contributed by atoms with Gasteiger partial charge in [-0.05, 0) is 78.2 Å². The van der Waals surface area contributed by atoms with Gasteiger partial charge in [0, 0.05) is 12.8 Å². The van der Waals surface area contributed by atoms with Crippen molar-refractivity contribution < 1.29 is 32.5 Å². The van der Waals surface area contributed by atoms with Crippen LogP contribution in [-0.4, -0.2) is 38.7 Å². The van der Waals surface area contributed by atoms with Crippen molar-refractivity contribution in [2.45, 2.75) is 43.5 Å². The molecule has 1 aliphatic heterocycles. The van der Waals surface area contributed by atoms with Gasteiger partial charge >= 0.3 is 5.97 Å². The molecule has 0 fully saturated rings. The average Bonchev–Trinajstić information content (AvgIpc) is 3.40. The summed E-state index contributed by atoms with van der Waals surface area (Å²) >= 11 is 0. The zero-order chi connectivity index (χ0) is 29.5. The maximum Gasteiger partial charge on any atom is 0.327 e. The van der Waals surface area contributed by atoms with E-state index in [0.717, 1.165) is 40.0 Å². The standard InChI is InChI=1S/C33H33NO7S/c1-2-9-25-22-28(41-27-11-4-3-5-12-27)16-19-32(25)40-21-8-20-39-26-14-17-29(18-15-26)42(37,38)34-30-13-7-6-10-24(30)23-31(34)33(35)36/h3-7,10-19,22,31H,2,8-9,20-21,23H2,1H3,(H,35,36). The molecular formula is C33H33NO7S. The van der Waals surface area contributed by atoms with Crippen molar-refractivity contribution in [2.75, 3.05) is 17.5 Å². The molecule has 1 unspecified atom stereocenters. The third kappa shape index (κ3) is 6.52. The molecule has 0 saturated heterocycles. The first kappa shape index (κ1) is 29.0. The van der Waals surface area contributed by atoms with Crippen LogP contribution in [0.15, 0.2) is 102 Å². The van der Waals surface area contributed by atoms with Gasteiger partial charge in [0.1, 0.15) is 29.0 Å². The predicted octanol–water partition coefficient (Wildman–Crippen LogP) is 6.48. The van der Waals surface area contributed by atoms with Crippen LogP contribution in [0.25, 0.3) is 0 Å². The lowest BCUT2D eigenvalue weighted by Crippen LogP contribution is -2.42. The largest absolute Gasteiger partial charge is 0.493 e. The third-order valence-corrected chi connectivity index (χ3v) is 8.77. The number of para-hydroxylation sites is 2. The minimum absolute atomic E-state index is 0.00396. The van der Waals surface area contributed by atoms with E-state index in [1.165, 1.54) is 12.1 Å². The predicted molar refractivity (Wildman–Crippen MR) is 160 cm³/mol. The van der Waals surface area contributed by atoms with Crippen LogP contribution in [0.4, 0.5) is 5.69 Å². The van der Waals surface area contributed by atoms with Gasteiger partial charge in [0.25, 0.3) is 10.0 Å². The molecule has 0 aromatic heterocycles. The Morgan fingerprint density at radius 1 is 0.857 bits per heavy atom. The number of carboxylic acids is 1. The summed E-state index contributed by atoms with van der Waals surface area (Å²) in [7, 11) is -4.08. The van der Waals surface area contributed by atoms with Crippen molar-refractivity contribution in [2.24, 2.45) is 0 Å². The summed E-state index contributed by atoms with van der Waals surface area (Å²) in [4.78, 5) is 11.9. The van der Waals surface area contributed by atoms with Crippen LogP contribution < -0.4 is 18.5 Å². The summed E-state index contributed by atoms with van der Waals surface area (Å²) in [6, 6.07) is 27.2. The normalized spacial score (nSPS) is 14.3. The molecule has 9 heteroatoms. The fourth-order valence-electron chi connectivity index (χ4n) is 4.94. The highest BCUT2D eigenvalue weighted by Gasteiger charge is 2.42. The Morgan fingerprint density at radius 2 is 1.55 bits per heavy atom. The molecule has 0 radical (unpaired) electrons. The summed E-state index contributed by atoms with van der Waals surface area (Å²) < 4.78 is 45.7. The number of hydrogen-bond acceptors (Lipinski definition) is 6. The number of anilines is 1. The van der Waals surface area contributed by atoms with E-state index in [9.17, 15) is 18.3 Å². The number of benzene rings is 4. The summed E-state index contributed by atoms with van der Waals surface area (Å²) in [6.45, 7) is 2.95. The van der Waals surface area contributed by atoms with Gasteiger partial charge in [-0.2, -0.15) is 0 Å². The van der Waals surface area contributed by atoms with Gasteiger partial charge in [-0.1, -0.05) is 49.7 Å². The molecular weight excluding hydrogens is 554 g/mol.